The van der Waals surface area contributed by atoms with Crippen LogP contribution in [0.4, 0.5) is 0 Å². The average Bonchev–Trinajstić information content (AvgIpc) is 2.97. The lowest BCUT2D eigenvalue weighted by atomic mass is 9.62. The molecule has 2 aliphatic carbocycles. The van der Waals surface area contributed by atoms with Crippen LogP contribution >= 0.6 is 0 Å². The quantitative estimate of drug-likeness (QED) is 0.453. The van der Waals surface area contributed by atoms with Gasteiger partial charge in [-0.15, -0.1) is 0 Å². The molecule has 7 atom stereocenters. The largest absolute Gasteiger partial charge is 0.0654 e. The highest BCUT2D eigenvalue weighted by Crippen LogP contribution is 2.48. The van der Waals surface area contributed by atoms with Gasteiger partial charge in [-0.3, -0.25) is 0 Å². The molecule has 0 saturated heterocycles. The van der Waals surface area contributed by atoms with Crippen molar-refractivity contribution in [2.24, 2.45) is 47.3 Å². The van der Waals surface area contributed by atoms with Gasteiger partial charge >= 0.3 is 0 Å². The molecule has 0 aromatic carbocycles. The van der Waals surface area contributed by atoms with Crippen molar-refractivity contribution in [3.63, 3.8) is 0 Å². The van der Waals surface area contributed by atoms with Gasteiger partial charge in [0.2, 0.25) is 0 Å². The number of hydrogen-bond donors (Lipinski definition) is 0. The van der Waals surface area contributed by atoms with E-state index in [9.17, 15) is 0 Å². The molecule has 0 aromatic heterocycles. The predicted molar refractivity (Wildman–Crippen MR) is 104 cm³/mol. The SMILES string of the molecule is CCCC1C(C)CC(CC2CCC(C(C)CC)C2)CC1C(C)C. The first kappa shape index (κ1) is 19.3. The van der Waals surface area contributed by atoms with Crippen LogP contribution < -0.4 is 0 Å². The fraction of sp³-hybridized carbons (Fsp3) is 1.00. The zero-order chi connectivity index (χ0) is 17.0. The third-order valence-corrected chi connectivity index (χ3v) is 7.77. The van der Waals surface area contributed by atoms with Crippen LogP contribution in [0.25, 0.3) is 0 Å². The molecule has 23 heavy (non-hydrogen) atoms. The predicted octanol–water partition coefficient (Wildman–Crippen LogP) is 7.57. The molecular weight excluding hydrogens is 276 g/mol. The zero-order valence-corrected chi connectivity index (χ0v) is 17.0. The van der Waals surface area contributed by atoms with Crippen LogP contribution in [0.15, 0.2) is 0 Å². The van der Waals surface area contributed by atoms with Gasteiger partial charge in [0.25, 0.3) is 0 Å². The van der Waals surface area contributed by atoms with Crippen molar-refractivity contribution in [2.75, 3.05) is 0 Å². The molecule has 0 nitrogen and oxygen atoms in total. The van der Waals surface area contributed by atoms with Crippen LogP contribution in [0.1, 0.15) is 99.3 Å². The minimum atomic E-state index is 0.883. The molecule has 2 rings (SSSR count). The maximum absolute atomic E-state index is 2.57. The number of hydrogen-bond acceptors (Lipinski definition) is 0. The van der Waals surface area contributed by atoms with E-state index in [1.54, 1.807) is 12.8 Å². The van der Waals surface area contributed by atoms with Gasteiger partial charge in [-0.05, 0) is 79.4 Å². The van der Waals surface area contributed by atoms with Crippen LogP contribution in [-0.2, 0) is 0 Å². The van der Waals surface area contributed by atoms with Crippen molar-refractivity contribution in [1.29, 1.82) is 0 Å². The van der Waals surface area contributed by atoms with Crippen LogP contribution in [0.2, 0.25) is 0 Å². The summed E-state index contributed by atoms with van der Waals surface area (Å²) in [6.07, 6.45) is 13.4. The molecule has 0 aromatic rings. The molecule has 0 heterocycles. The van der Waals surface area contributed by atoms with Gasteiger partial charge in [0.15, 0.2) is 0 Å². The maximum Gasteiger partial charge on any atom is -0.0357 e. The van der Waals surface area contributed by atoms with E-state index >= 15 is 0 Å². The van der Waals surface area contributed by atoms with Crippen LogP contribution in [0.5, 0.6) is 0 Å². The first-order valence-electron chi connectivity index (χ1n) is 11.0. The van der Waals surface area contributed by atoms with Crippen molar-refractivity contribution in [2.45, 2.75) is 99.3 Å². The molecule has 7 unspecified atom stereocenters. The van der Waals surface area contributed by atoms with Crippen LogP contribution in [-0.4, -0.2) is 0 Å². The van der Waals surface area contributed by atoms with Crippen molar-refractivity contribution in [3.05, 3.63) is 0 Å². The Morgan fingerprint density at radius 2 is 1.65 bits per heavy atom. The second kappa shape index (κ2) is 8.91. The van der Waals surface area contributed by atoms with Crippen molar-refractivity contribution in [3.8, 4) is 0 Å². The maximum atomic E-state index is 2.57. The van der Waals surface area contributed by atoms with Gasteiger partial charge in [0, 0.05) is 0 Å². The second-order valence-electron chi connectivity index (χ2n) is 9.74. The summed E-state index contributed by atoms with van der Waals surface area (Å²) >= 11 is 0. The first-order valence-corrected chi connectivity index (χ1v) is 11.0. The highest BCUT2D eigenvalue weighted by atomic mass is 14.4. The topological polar surface area (TPSA) is 0 Å². The summed E-state index contributed by atoms with van der Waals surface area (Å²) in [5.41, 5.74) is 0. The second-order valence-corrected chi connectivity index (χ2v) is 9.74. The molecule has 2 saturated carbocycles. The summed E-state index contributed by atoms with van der Waals surface area (Å²) in [6.45, 7) is 14.8. The molecule has 2 aliphatic rings. The van der Waals surface area contributed by atoms with E-state index in [1.807, 2.05) is 0 Å². The Morgan fingerprint density at radius 3 is 2.26 bits per heavy atom. The normalized spacial score (nSPS) is 39.8. The average molecular weight is 321 g/mol. The molecule has 136 valence electrons. The van der Waals surface area contributed by atoms with Gasteiger partial charge in [-0.1, -0.05) is 67.2 Å². The molecule has 0 spiro atoms. The zero-order valence-electron chi connectivity index (χ0n) is 17.0. The Balaban J connectivity index is 1.89. The Morgan fingerprint density at radius 1 is 0.913 bits per heavy atom. The van der Waals surface area contributed by atoms with E-state index < -0.39 is 0 Å². The lowest BCUT2D eigenvalue weighted by molar-refractivity contribution is 0.0646. The van der Waals surface area contributed by atoms with E-state index in [1.165, 1.54) is 44.9 Å². The minimum Gasteiger partial charge on any atom is -0.0654 e. The van der Waals surface area contributed by atoms with E-state index in [4.69, 9.17) is 0 Å². The summed E-state index contributed by atoms with van der Waals surface area (Å²) in [4.78, 5) is 0. The Hall–Kier alpha value is 0. The lowest BCUT2D eigenvalue weighted by Gasteiger charge is -2.43. The fourth-order valence-corrected chi connectivity index (χ4v) is 6.22. The standard InChI is InChI=1S/C23H44/c1-7-9-22-18(6)12-20(15-23(22)16(3)4)13-19-10-11-21(14-19)17(5)8-2/h16-23H,7-15H2,1-6H3. The Bertz CT molecular complexity index is 331. The summed E-state index contributed by atoms with van der Waals surface area (Å²) in [7, 11) is 0. The first-order chi connectivity index (χ1) is 11.0. The van der Waals surface area contributed by atoms with E-state index in [-0.39, 0.29) is 0 Å². The van der Waals surface area contributed by atoms with Gasteiger partial charge in [-0.25, -0.2) is 0 Å². The summed E-state index contributed by atoms with van der Waals surface area (Å²) < 4.78 is 0. The van der Waals surface area contributed by atoms with Crippen molar-refractivity contribution >= 4 is 0 Å². The summed E-state index contributed by atoms with van der Waals surface area (Å²) in [5, 5.41) is 0. The highest BCUT2D eigenvalue weighted by molar-refractivity contribution is 4.88. The molecule has 0 radical (unpaired) electrons. The van der Waals surface area contributed by atoms with Crippen LogP contribution in [0.3, 0.4) is 0 Å². The van der Waals surface area contributed by atoms with Gasteiger partial charge in [-0.2, -0.15) is 0 Å². The summed E-state index contributed by atoms with van der Waals surface area (Å²) in [5.74, 6) is 7.94. The molecule has 0 N–H and O–H groups in total. The van der Waals surface area contributed by atoms with Crippen molar-refractivity contribution in [1.82, 2.24) is 0 Å². The highest BCUT2D eigenvalue weighted by Gasteiger charge is 2.38. The van der Waals surface area contributed by atoms with Gasteiger partial charge in [0.1, 0.15) is 0 Å². The van der Waals surface area contributed by atoms with E-state index in [0.29, 0.717) is 0 Å². The third-order valence-electron chi connectivity index (χ3n) is 7.77. The molecular formula is C23H44. The Labute approximate surface area is 147 Å². The molecule has 0 amide bonds. The molecule has 0 aliphatic heterocycles. The molecule has 2 fully saturated rings. The Kier molecular flexibility index (Phi) is 7.49. The van der Waals surface area contributed by atoms with Gasteiger partial charge < -0.3 is 0 Å². The number of rotatable bonds is 7. The molecule has 0 bridgehead atoms. The fourth-order valence-electron chi connectivity index (χ4n) is 6.22. The lowest BCUT2D eigenvalue weighted by Crippen LogP contribution is -2.35. The summed E-state index contributed by atoms with van der Waals surface area (Å²) in [6, 6.07) is 0. The minimum absolute atomic E-state index is 0.883. The molecule has 0 heteroatoms. The third kappa shape index (κ3) is 4.99. The smallest absolute Gasteiger partial charge is 0.0357 e. The van der Waals surface area contributed by atoms with Crippen LogP contribution in [0, 0.1) is 47.3 Å². The monoisotopic (exact) mass is 320 g/mol. The van der Waals surface area contributed by atoms with E-state index in [0.717, 1.165) is 47.3 Å². The van der Waals surface area contributed by atoms with E-state index in [2.05, 4.69) is 41.5 Å². The van der Waals surface area contributed by atoms with Gasteiger partial charge in [0.05, 0.1) is 0 Å². The van der Waals surface area contributed by atoms with Crippen molar-refractivity contribution < 1.29 is 0 Å².